The zero-order valence-corrected chi connectivity index (χ0v) is 28.6. The number of nitrogens with one attached hydrogen (secondary N) is 2. The molecule has 3 aromatic carbocycles. The lowest BCUT2D eigenvalue weighted by Gasteiger charge is -2.24. The molecule has 0 saturated heterocycles. The van der Waals surface area contributed by atoms with E-state index in [1.165, 1.54) is 37.4 Å². The first-order valence-corrected chi connectivity index (χ1v) is 16.6. The third-order valence-electron chi connectivity index (χ3n) is 8.43. The van der Waals surface area contributed by atoms with E-state index in [9.17, 15) is 19.2 Å². The van der Waals surface area contributed by atoms with E-state index in [0.717, 1.165) is 53.5 Å². The molecule has 12 heteroatoms. The van der Waals surface area contributed by atoms with Gasteiger partial charge in [0.2, 0.25) is 23.4 Å². The van der Waals surface area contributed by atoms with E-state index >= 15 is 0 Å². The Kier molecular flexibility index (Phi) is 7.72. The number of thioether (sulfide) groups is 2. The maximum Gasteiger partial charge on any atom is 0.221 e. The van der Waals surface area contributed by atoms with Crippen LogP contribution in [0.5, 0.6) is 11.5 Å². The Morgan fingerprint density at radius 3 is 1.31 bits per heavy atom. The molecule has 2 aliphatic heterocycles. The lowest BCUT2D eigenvalue weighted by Crippen LogP contribution is -2.28. The number of ether oxygens (including phenoxy) is 2. The highest BCUT2D eigenvalue weighted by molar-refractivity contribution is 8.04. The zero-order chi connectivity index (χ0) is 34.0. The fourth-order valence-corrected chi connectivity index (χ4v) is 9.03. The molecule has 2 N–H and O–H groups in total. The number of nitrogens with zero attached hydrogens (tertiary/aromatic N) is 2. The fourth-order valence-electron chi connectivity index (χ4n) is 6.43. The fraction of sp³-hybridized carbons (Fsp3) is 0.167. The molecule has 0 atom stereocenters. The number of hydrogen-bond acceptors (Lipinski definition) is 10. The number of allylic oxidation sites excluding steroid dienone is 6. The number of Topliss-reactive ketones (excluding diaryl/α,β-unsaturated/α-hetero) is 2. The minimum Gasteiger partial charge on any atom is -0.493 e. The summed E-state index contributed by atoms with van der Waals surface area (Å²) in [6.45, 7) is 2.76. The summed E-state index contributed by atoms with van der Waals surface area (Å²) in [6.07, 6.45) is 3.46. The zero-order valence-electron chi connectivity index (χ0n) is 26.9. The Morgan fingerprint density at radius 2 is 0.979 bits per heavy atom. The SMILES string of the molecule is COc1c2c(c(OC)c3c1N(C)/C(=C1\C=C(NC(C)=O)C(=O)c4ccccc41)S3)N(C)/C(=C1/C=C(NC(C)=O)C(=O)c3ccccc31)S2. The van der Waals surface area contributed by atoms with Crippen LogP contribution in [0, 0.1) is 0 Å². The van der Waals surface area contributed by atoms with Gasteiger partial charge in [0.1, 0.15) is 11.4 Å². The molecule has 7 rings (SSSR count). The van der Waals surface area contributed by atoms with Crippen molar-refractivity contribution in [2.24, 2.45) is 0 Å². The van der Waals surface area contributed by atoms with Crippen molar-refractivity contribution in [3.05, 3.63) is 104 Å². The number of rotatable bonds is 4. The van der Waals surface area contributed by atoms with Crippen LogP contribution in [0.25, 0.3) is 11.1 Å². The topological polar surface area (TPSA) is 117 Å². The molecule has 2 amide bonds. The van der Waals surface area contributed by atoms with E-state index in [1.54, 1.807) is 50.6 Å². The van der Waals surface area contributed by atoms with Crippen molar-refractivity contribution in [3.63, 3.8) is 0 Å². The van der Waals surface area contributed by atoms with Gasteiger partial charge in [0.25, 0.3) is 0 Å². The first-order valence-electron chi connectivity index (χ1n) is 15.0. The predicted molar refractivity (Wildman–Crippen MR) is 187 cm³/mol. The summed E-state index contributed by atoms with van der Waals surface area (Å²) in [5.74, 6) is 0.115. The summed E-state index contributed by atoms with van der Waals surface area (Å²) in [7, 11) is 7.14. The van der Waals surface area contributed by atoms with Gasteiger partial charge in [0.15, 0.2) is 11.5 Å². The molecule has 0 fully saturated rings. The number of benzene rings is 3. The van der Waals surface area contributed by atoms with Gasteiger partial charge in [-0.1, -0.05) is 72.1 Å². The van der Waals surface area contributed by atoms with E-state index in [1.807, 2.05) is 48.2 Å². The van der Waals surface area contributed by atoms with Gasteiger partial charge in [-0.3, -0.25) is 19.2 Å². The summed E-state index contributed by atoms with van der Waals surface area (Å²) < 4.78 is 12.3. The second-order valence-corrected chi connectivity index (χ2v) is 13.4. The molecule has 242 valence electrons. The Balaban J connectivity index is 1.42. The second kappa shape index (κ2) is 11.8. The predicted octanol–water partition coefficient (Wildman–Crippen LogP) is 5.96. The summed E-state index contributed by atoms with van der Waals surface area (Å²) >= 11 is 2.99. The standard InChI is InChI=1S/C36H30N4O6S2/c1-17(41)37-25-15-23(19-11-7-9-13-21(19)29(25)43)35-39(3)27-31(45-5)34-28(32(46-6)33(27)47-35)40(4)36(48-34)24-16-26(38-18(2)42)30(44)22-14-10-8-12-20(22)24/h7-16H,1-6H3,(H,37,41)(H,38,42)/b35-23-,36-24+. The lowest BCUT2D eigenvalue weighted by atomic mass is 9.90. The van der Waals surface area contributed by atoms with Crippen LogP contribution >= 0.6 is 23.5 Å². The number of fused-ring (bicyclic) bond motifs is 4. The van der Waals surface area contributed by atoms with Crippen molar-refractivity contribution < 1.29 is 28.7 Å². The van der Waals surface area contributed by atoms with E-state index < -0.39 is 0 Å². The molecule has 2 aliphatic carbocycles. The van der Waals surface area contributed by atoms with Gasteiger partial charge in [-0.25, -0.2) is 0 Å². The molecule has 2 heterocycles. The van der Waals surface area contributed by atoms with E-state index in [2.05, 4.69) is 10.6 Å². The van der Waals surface area contributed by atoms with Crippen LogP contribution in [0.2, 0.25) is 0 Å². The molecule has 0 spiro atoms. The summed E-state index contributed by atoms with van der Waals surface area (Å²) in [6, 6.07) is 14.7. The number of carbonyl (C=O) groups is 4. The highest BCUT2D eigenvalue weighted by Crippen LogP contribution is 2.66. The average Bonchev–Trinajstić information content (AvgIpc) is 3.59. The summed E-state index contributed by atoms with van der Waals surface area (Å²) in [5, 5.41) is 7.08. The van der Waals surface area contributed by atoms with Gasteiger partial charge >= 0.3 is 0 Å². The molecule has 3 aromatic rings. The molecule has 0 unspecified atom stereocenters. The molecule has 0 bridgehead atoms. The maximum atomic E-state index is 13.3. The smallest absolute Gasteiger partial charge is 0.221 e. The van der Waals surface area contributed by atoms with E-state index in [0.29, 0.717) is 22.6 Å². The van der Waals surface area contributed by atoms with Crippen LogP contribution in [0.1, 0.15) is 45.7 Å². The molecule has 0 radical (unpaired) electrons. The van der Waals surface area contributed by atoms with Crippen molar-refractivity contribution >= 4 is 69.4 Å². The quantitative estimate of drug-likeness (QED) is 0.343. The van der Waals surface area contributed by atoms with Gasteiger partial charge in [0.05, 0.1) is 45.5 Å². The largest absolute Gasteiger partial charge is 0.493 e. The van der Waals surface area contributed by atoms with Crippen LogP contribution in [0.15, 0.2) is 91.9 Å². The number of ketones is 2. The first kappa shape index (κ1) is 31.4. The maximum absolute atomic E-state index is 13.3. The average molecular weight is 679 g/mol. The number of carbonyl (C=O) groups excluding carboxylic acids is 4. The Morgan fingerprint density at radius 1 is 0.625 bits per heavy atom. The summed E-state index contributed by atoms with van der Waals surface area (Å²) in [5.41, 5.74) is 6.10. The van der Waals surface area contributed by atoms with Gasteiger partial charge in [-0.05, 0) is 23.3 Å². The van der Waals surface area contributed by atoms with Crippen molar-refractivity contribution in [1.82, 2.24) is 10.6 Å². The van der Waals surface area contributed by atoms with Gasteiger partial charge in [0, 0.05) is 50.2 Å². The minimum absolute atomic E-state index is 0.208. The number of hydrogen-bond donors (Lipinski definition) is 2. The minimum atomic E-state index is -0.331. The molecule has 0 saturated carbocycles. The number of amides is 2. The Bertz CT molecular complexity index is 2000. The van der Waals surface area contributed by atoms with Crippen LogP contribution in [-0.2, 0) is 9.59 Å². The molecular weight excluding hydrogens is 649 g/mol. The van der Waals surface area contributed by atoms with Crippen LogP contribution < -0.4 is 29.9 Å². The molecule has 10 nitrogen and oxygen atoms in total. The van der Waals surface area contributed by atoms with E-state index in [4.69, 9.17) is 9.47 Å². The van der Waals surface area contributed by atoms with Gasteiger partial charge in [-0.2, -0.15) is 0 Å². The second-order valence-electron chi connectivity index (χ2n) is 11.4. The van der Waals surface area contributed by atoms with Gasteiger partial charge in [-0.15, -0.1) is 0 Å². The normalized spacial score (nSPS) is 19.2. The first-order chi connectivity index (χ1) is 23.0. The van der Waals surface area contributed by atoms with Crippen molar-refractivity contribution in [2.45, 2.75) is 23.6 Å². The summed E-state index contributed by atoms with van der Waals surface area (Å²) in [4.78, 5) is 56.3. The third-order valence-corrected chi connectivity index (χ3v) is 11.0. The van der Waals surface area contributed by atoms with E-state index in [-0.39, 0.29) is 34.8 Å². The third kappa shape index (κ3) is 4.74. The van der Waals surface area contributed by atoms with Crippen molar-refractivity contribution in [2.75, 3.05) is 38.1 Å². The Labute approximate surface area is 285 Å². The lowest BCUT2D eigenvalue weighted by molar-refractivity contribution is -0.119. The Hall–Kier alpha value is -5.20. The highest BCUT2D eigenvalue weighted by atomic mass is 32.2. The van der Waals surface area contributed by atoms with Crippen molar-refractivity contribution in [3.8, 4) is 11.5 Å². The molecule has 4 aliphatic rings. The highest BCUT2D eigenvalue weighted by Gasteiger charge is 2.42. The van der Waals surface area contributed by atoms with Gasteiger partial charge < -0.3 is 29.9 Å². The molecule has 48 heavy (non-hydrogen) atoms. The number of methoxy groups -OCH3 is 2. The van der Waals surface area contributed by atoms with Crippen LogP contribution in [0.3, 0.4) is 0 Å². The molecular formula is C36H30N4O6S2. The van der Waals surface area contributed by atoms with Crippen molar-refractivity contribution in [1.29, 1.82) is 0 Å². The monoisotopic (exact) mass is 678 g/mol. The number of anilines is 2. The van der Waals surface area contributed by atoms with Crippen LogP contribution in [0.4, 0.5) is 11.4 Å². The molecule has 0 aromatic heterocycles. The van der Waals surface area contributed by atoms with Crippen LogP contribution in [-0.4, -0.2) is 51.7 Å².